The second kappa shape index (κ2) is 9.56. The van der Waals surface area contributed by atoms with E-state index in [2.05, 4.69) is 36.1 Å². The van der Waals surface area contributed by atoms with Crippen LogP contribution in [0.15, 0.2) is 34.0 Å². The van der Waals surface area contributed by atoms with Gasteiger partial charge in [-0.3, -0.25) is 9.69 Å². The summed E-state index contributed by atoms with van der Waals surface area (Å²) in [6.07, 6.45) is 7.29. The lowest BCUT2D eigenvalue weighted by Crippen LogP contribution is -2.34. The zero-order chi connectivity index (χ0) is 22.5. The topological polar surface area (TPSA) is 161 Å². The van der Waals surface area contributed by atoms with Crippen LogP contribution in [0.25, 0.3) is 5.82 Å². The number of aromatic nitrogens is 5. The summed E-state index contributed by atoms with van der Waals surface area (Å²) in [5.74, 6) is -0.144. The Bertz CT molecular complexity index is 1080. The number of phenolic OH excluding ortho intramolecular Hbond substituents is 1. The van der Waals surface area contributed by atoms with E-state index in [-0.39, 0.29) is 23.1 Å². The van der Waals surface area contributed by atoms with Crippen molar-refractivity contribution >= 4 is 17.9 Å². The molecule has 0 radical (unpaired) electrons. The summed E-state index contributed by atoms with van der Waals surface area (Å²) in [6, 6.07) is 6.82. The number of carbonyl (C=O) groups excluding carboxylic acids is 1. The van der Waals surface area contributed by atoms with E-state index in [1.165, 1.54) is 42.3 Å². The number of hydrazone groups is 1. The molecule has 1 aliphatic rings. The van der Waals surface area contributed by atoms with Crippen molar-refractivity contribution in [2.75, 3.05) is 12.8 Å². The van der Waals surface area contributed by atoms with Gasteiger partial charge in [0.05, 0.1) is 11.9 Å². The molecular formula is C20H25N9O3. The van der Waals surface area contributed by atoms with Crippen molar-refractivity contribution in [3.63, 3.8) is 0 Å². The van der Waals surface area contributed by atoms with E-state index >= 15 is 0 Å². The number of amides is 1. The first kappa shape index (κ1) is 21.4. The molecule has 4 rings (SSSR count). The average Bonchev–Trinajstić information content (AvgIpc) is 3.41. The molecule has 0 atom stereocenters. The predicted molar refractivity (Wildman–Crippen MR) is 115 cm³/mol. The zero-order valence-electron chi connectivity index (χ0n) is 17.7. The van der Waals surface area contributed by atoms with E-state index in [4.69, 9.17) is 10.4 Å². The van der Waals surface area contributed by atoms with E-state index in [9.17, 15) is 9.90 Å². The number of benzene rings is 1. The number of carbonyl (C=O) groups is 1. The van der Waals surface area contributed by atoms with Gasteiger partial charge in [0.25, 0.3) is 5.91 Å². The maximum atomic E-state index is 12.8. The van der Waals surface area contributed by atoms with Gasteiger partial charge in [-0.25, -0.2) is 10.1 Å². The van der Waals surface area contributed by atoms with Crippen LogP contribution in [0, 0.1) is 0 Å². The summed E-state index contributed by atoms with van der Waals surface area (Å²) in [6.45, 7) is 0.411. The lowest BCUT2D eigenvalue weighted by Gasteiger charge is -2.31. The molecule has 0 aliphatic heterocycles. The first-order valence-corrected chi connectivity index (χ1v) is 10.4. The van der Waals surface area contributed by atoms with Crippen LogP contribution in [0.2, 0.25) is 0 Å². The number of hydrogen-bond acceptors (Lipinski definition) is 10. The van der Waals surface area contributed by atoms with Gasteiger partial charge >= 0.3 is 0 Å². The lowest BCUT2D eigenvalue weighted by atomic mass is 9.94. The zero-order valence-corrected chi connectivity index (χ0v) is 17.7. The maximum Gasteiger partial charge on any atom is 0.293 e. The first-order chi connectivity index (χ1) is 15.5. The summed E-state index contributed by atoms with van der Waals surface area (Å²) >= 11 is 0. The third-order valence-corrected chi connectivity index (χ3v) is 5.54. The van der Waals surface area contributed by atoms with Gasteiger partial charge in [0.15, 0.2) is 5.69 Å². The highest BCUT2D eigenvalue weighted by Gasteiger charge is 2.27. The van der Waals surface area contributed by atoms with Crippen molar-refractivity contribution in [3.8, 4) is 11.6 Å². The molecule has 1 amide bonds. The molecular weight excluding hydrogens is 414 g/mol. The molecule has 3 aromatic rings. The first-order valence-electron chi connectivity index (χ1n) is 10.4. The van der Waals surface area contributed by atoms with Crippen molar-refractivity contribution in [1.29, 1.82) is 0 Å². The Morgan fingerprint density at radius 2 is 2.06 bits per heavy atom. The number of anilines is 1. The van der Waals surface area contributed by atoms with Gasteiger partial charge in [-0.1, -0.05) is 24.5 Å². The molecule has 1 aromatic carbocycles. The Hall–Kier alpha value is -3.80. The molecule has 32 heavy (non-hydrogen) atoms. The van der Waals surface area contributed by atoms with Crippen molar-refractivity contribution in [1.82, 2.24) is 35.6 Å². The second-order valence-corrected chi connectivity index (χ2v) is 7.77. The molecule has 1 fully saturated rings. The Labute approximate surface area is 184 Å². The second-order valence-electron chi connectivity index (χ2n) is 7.77. The smallest absolute Gasteiger partial charge is 0.293 e. The highest BCUT2D eigenvalue weighted by molar-refractivity contribution is 5.94. The Kier molecular flexibility index (Phi) is 6.40. The fraction of sp³-hybridized carbons (Fsp3) is 0.400. The number of nitrogens with zero attached hydrogens (tertiary/aromatic N) is 7. The molecule has 2 aromatic heterocycles. The molecule has 1 aliphatic carbocycles. The molecule has 0 spiro atoms. The number of phenols is 1. The van der Waals surface area contributed by atoms with E-state index in [0.717, 1.165) is 12.8 Å². The van der Waals surface area contributed by atoms with E-state index in [1.807, 2.05) is 7.05 Å². The van der Waals surface area contributed by atoms with Crippen molar-refractivity contribution in [2.45, 2.75) is 44.7 Å². The molecule has 4 N–H and O–H groups in total. The van der Waals surface area contributed by atoms with Crippen molar-refractivity contribution in [3.05, 3.63) is 41.2 Å². The van der Waals surface area contributed by atoms with Gasteiger partial charge in [-0.05, 0) is 60.0 Å². The molecule has 12 heteroatoms. The highest BCUT2D eigenvalue weighted by Crippen LogP contribution is 2.24. The summed E-state index contributed by atoms with van der Waals surface area (Å²) in [4.78, 5) is 15.0. The molecule has 0 bridgehead atoms. The average molecular weight is 439 g/mol. The predicted octanol–water partition coefficient (Wildman–Crippen LogP) is 1.47. The van der Waals surface area contributed by atoms with Gasteiger partial charge < -0.3 is 10.8 Å². The highest BCUT2D eigenvalue weighted by atomic mass is 16.6. The monoisotopic (exact) mass is 439 g/mol. The quantitative estimate of drug-likeness (QED) is 0.366. The van der Waals surface area contributed by atoms with Crippen LogP contribution in [-0.4, -0.2) is 60.5 Å². The van der Waals surface area contributed by atoms with Crippen molar-refractivity contribution < 1.29 is 14.5 Å². The molecule has 0 unspecified atom stereocenters. The minimum absolute atomic E-state index is 0.0498. The van der Waals surface area contributed by atoms with Gasteiger partial charge in [-0.2, -0.15) is 9.78 Å². The SMILES string of the molecule is CN(Cc1c(C(=O)N/N=C/c2ccc(O)cc2)nnn1-c1nonc1N)C1CCCCC1. The largest absolute Gasteiger partial charge is 0.508 e. The third kappa shape index (κ3) is 4.75. The number of rotatable bonds is 7. The molecule has 1 saturated carbocycles. The fourth-order valence-corrected chi connectivity index (χ4v) is 3.79. The number of nitrogen functional groups attached to an aromatic ring is 1. The summed E-state index contributed by atoms with van der Waals surface area (Å²) < 4.78 is 6.08. The molecule has 0 saturated heterocycles. The van der Waals surface area contributed by atoms with Crippen molar-refractivity contribution in [2.24, 2.45) is 5.10 Å². The van der Waals surface area contributed by atoms with Crippen LogP contribution < -0.4 is 11.2 Å². The van der Waals surface area contributed by atoms with Crippen LogP contribution >= 0.6 is 0 Å². The normalized spacial score (nSPS) is 14.9. The van der Waals surface area contributed by atoms with Crippen LogP contribution in [0.4, 0.5) is 5.82 Å². The van der Waals surface area contributed by atoms with Crippen LogP contribution in [-0.2, 0) is 6.54 Å². The minimum Gasteiger partial charge on any atom is -0.508 e. The Balaban J connectivity index is 1.56. The van der Waals surface area contributed by atoms with E-state index in [1.54, 1.807) is 12.1 Å². The standard InChI is InChI=1S/C20H25N9O3/c1-28(14-5-3-2-4-6-14)12-16-17(23-27-29(16)19-18(21)25-32-26-19)20(31)24-22-11-13-7-9-15(30)10-8-13/h7-11,14,30H,2-6,12H2,1H3,(H2,21,25)(H,24,31)/b22-11+. The number of nitrogens with two attached hydrogens (primary N) is 1. The lowest BCUT2D eigenvalue weighted by molar-refractivity contribution is 0.0947. The maximum absolute atomic E-state index is 12.8. The summed E-state index contributed by atoms with van der Waals surface area (Å²) in [5, 5.41) is 28.8. The number of hydrogen-bond donors (Lipinski definition) is 3. The van der Waals surface area contributed by atoms with Gasteiger partial charge in [0.1, 0.15) is 5.75 Å². The summed E-state index contributed by atoms with van der Waals surface area (Å²) in [5.41, 5.74) is 9.65. The van der Waals surface area contributed by atoms with Crippen LogP contribution in [0.3, 0.4) is 0 Å². The molecule has 168 valence electrons. The van der Waals surface area contributed by atoms with Gasteiger partial charge in [-0.15, -0.1) is 5.10 Å². The Morgan fingerprint density at radius 3 is 2.75 bits per heavy atom. The summed E-state index contributed by atoms with van der Waals surface area (Å²) in [7, 11) is 2.02. The van der Waals surface area contributed by atoms with Crippen LogP contribution in [0.5, 0.6) is 5.75 Å². The van der Waals surface area contributed by atoms with Gasteiger partial charge in [0.2, 0.25) is 11.6 Å². The van der Waals surface area contributed by atoms with Crippen LogP contribution in [0.1, 0.15) is 53.8 Å². The van der Waals surface area contributed by atoms with E-state index in [0.29, 0.717) is 23.8 Å². The number of nitrogens with one attached hydrogen (secondary N) is 1. The fourth-order valence-electron chi connectivity index (χ4n) is 3.79. The third-order valence-electron chi connectivity index (χ3n) is 5.54. The Morgan fingerprint density at radius 1 is 1.31 bits per heavy atom. The minimum atomic E-state index is -0.520. The molecule has 2 heterocycles. The van der Waals surface area contributed by atoms with Gasteiger partial charge in [0, 0.05) is 12.6 Å². The van der Waals surface area contributed by atoms with E-state index < -0.39 is 5.91 Å². The molecule has 12 nitrogen and oxygen atoms in total. The number of aromatic hydroxyl groups is 1.